The van der Waals surface area contributed by atoms with E-state index in [1.807, 2.05) is 48.5 Å². The Morgan fingerprint density at radius 1 is 1.00 bits per heavy atom. The maximum Gasteiger partial charge on any atom is 0.182 e. The highest BCUT2D eigenvalue weighted by Crippen LogP contribution is 2.40. The third-order valence-corrected chi connectivity index (χ3v) is 5.12. The van der Waals surface area contributed by atoms with Crippen molar-refractivity contribution < 1.29 is 5.11 Å². The van der Waals surface area contributed by atoms with E-state index in [4.69, 9.17) is 0 Å². The first-order valence-corrected chi connectivity index (χ1v) is 9.01. The van der Waals surface area contributed by atoms with Crippen LogP contribution in [-0.4, -0.2) is 35.1 Å². The molecule has 1 aliphatic carbocycles. The molecule has 1 N–H and O–H groups in total. The van der Waals surface area contributed by atoms with Crippen molar-refractivity contribution in [2.75, 3.05) is 0 Å². The smallest absolute Gasteiger partial charge is 0.182 e. The molecule has 7 nitrogen and oxygen atoms in total. The van der Waals surface area contributed by atoms with Gasteiger partial charge in [0, 0.05) is 5.56 Å². The van der Waals surface area contributed by atoms with E-state index >= 15 is 0 Å². The highest BCUT2D eigenvalue weighted by atomic mass is 16.3. The van der Waals surface area contributed by atoms with Gasteiger partial charge in [0.15, 0.2) is 11.2 Å². The van der Waals surface area contributed by atoms with Crippen LogP contribution < -0.4 is 0 Å². The van der Waals surface area contributed by atoms with Crippen LogP contribution in [0.4, 0.5) is 0 Å². The maximum absolute atomic E-state index is 10.5. The number of nitrogens with zero attached hydrogens (tertiary/aromatic N) is 6. The zero-order valence-corrected chi connectivity index (χ0v) is 14.7. The summed E-state index contributed by atoms with van der Waals surface area (Å²) in [6, 6.07) is 15.6. The Kier molecular flexibility index (Phi) is 3.68. The maximum atomic E-state index is 10.5. The molecule has 0 atom stereocenters. The van der Waals surface area contributed by atoms with E-state index in [9.17, 15) is 5.11 Å². The minimum atomic E-state index is -0.775. The molecular formula is C20H18N6O. The van der Waals surface area contributed by atoms with Gasteiger partial charge in [-0.3, -0.25) is 4.98 Å². The molecule has 0 saturated heterocycles. The van der Waals surface area contributed by atoms with Crippen LogP contribution in [0.1, 0.15) is 30.7 Å². The Labute approximate surface area is 155 Å². The minimum absolute atomic E-state index is 0.436. The van der Waals surface area contributed by atoms with Crippen LogP contribution in [0.15, 0.2) is 54.9 Å². The molecule has 4 aromatic rings. The van der Waals surface area contributed by atoms with Crippen molar-refractivity contribution in [1.82, 2.24) is 29.9 Å². The fourth-order valence-corrected chi connectivity index (χ4v) is 3.45. The average Bonchev–Trinajstić information content (AvgIpc) is 3.10. The first kappa shape index (κ1) is 16.0. The molecule has 1 aromatic carbocycles. The van der Waals surface area contributed by atoms with Gasteiger partial charge in [0.05, 0.1) is 17.9 Å². The Hall–Kier alpha value is -3.19. The van der Waals surface area contributed by atoms with E-state index in [1.54, 1.807) is 4.68 Å². The quantitative estimate of drug-likeness (QED) is 0.603. The summed E-state index contributed by atoms with van der Waals surface area (Å²) < 4.78 is 1.72. The van der Waals surface area contributed by atoms with Crippen molar-refractivity contribution in [2.45, 2.75) is 31.4 Å². The second-order valence-corrected chi connectivity index (χ2v) is 6.91. The molecule has 0 aliphatic heterocycles. The molecule has 5 rings (SSSR count). The number of rotatable bonds is 4. The SMILES string of the molecule is OC1(c2cccc(Cn3nnc4c(-c5ccccc5)ncnc43)n2)CCC1. The molecule has 3 heterocycles. The lowest BCUT2D eigenvalue weighted by Gasteiger charge is -2.36. The number of hydrogen-bond donors (Lipinski definition) is 1. The number of pyridine rings is 1. The van der Waals surface area contributed by atoms with Crippen molar-refractivity contribution in [2.24, 2.45) is 0 Å². The van der Waals surface area contributed by atoms with Gasteiger partial charge in [-0.15, -0.1) is 5.10 Å². The Bertz CT molecular complexity index is 1100. The van der Waals surface area contributed by atoms with Gasteiger partial charge >= 0.3 is 0 Å². The Morgan fingerprint density at radius 2 is 1.85 bits per heavy atom. The van der Waals surface area contributed by atoms with Gasteiger partial charge in [-0.1, -0.05) is 41.6 Å². The Balaban J connectivity index is 1.51. The van der Waals surface area contributed by atoms with Crippen molar-refractivity contribution in [3.05, 3.63) is 66.2 Å². The lowest BCUT2D eigenvalue weighted by Crippen LogP contribution is -2.34. The second-order valence-electron chi connectivity index (χ2n) is 6.91. The molecule has 134 valence electrons. The summed E-state index contributed by atoms with van der Waals surface area (Å²) in [6.07, 6.45) is 4.10. The van der Waals surface area contributed by atoms with Crippen LogP contribution in [0.3, 0.4) is 0 Å². The molecule has 1 aliphatic rings. The zero-order valence-electron chi connectivity index (χ0n) is 14.7. The van der Waals surface area contributed by atoms with Gasteiger partial charge in [-0.25, -0.2) is 14.6 Å². The van der Waals surface area contributed by atoms with Gasteiger partial charge in [-0.05, 0) is 31.4 Å². The van der Waals surface area contributed by atoms with E-state index in [0.717, 1.165) is 41.9 Å². The van der Waals surface area contributed by atoms with E-state index in [0.29, 0.717) is 17.7 Å². The first-order chi connectivity index (χ1) is 13.2. The molecule has 7 heteroatoms. The fourth-order valence-electron chi connectivity index (χ4n) is 3.45. The van der Waals surface area contributed by atoms with Crippen molar-refractivity contribution in [3.63, 3.8) is 0 Å². The predicted molar refractivity (Wildman–Crippen MR) is 99.6 cm³/mol. The molecule has 3 aromatic heterocycles. The van der Waals surface area contributed by atoms with E-state index < -0.39 is 5.60 Å². The van der Waals surface area contributed by atoms with Gasteiger partial charge in [-0.2, -0.15) is 0 Å². The minimum Gasteiger partial charge on any atom is -0.384 e. The number of benzene rings is 1. The molecule has 27 heavy (non-hydrogen) atoms. The summed E-state index contributed by atoms with van der Waals surface area (Å²) in [5.41, 5.74) is 3.84. The number of aliphatic hydroxyl groups is 1. The molecule has 0 radical (unpaired) electrons. The lowest BCUT2D eigenvalue weighted by molar-refractivity contribution is -0.0427. The molecule has 0 spiro atoms. The largest absolute Gasteiger partial charge is 0.384 e. The summed E-state index contributed by atoms with van der Waals surface area (Å²) in [7, 11) is 0. The standard InChI is InChI=1S/C20H18N6O/c27-20(10-5-11-20)16-9-4-8-15(23-16)12-26-19-18(24-25-26)17(21-13-22-19)14-6-2-1-3-7-14/h1-4,6-9,13,27H,5,10-12H2. The van der Waals surface area contributed by atoms with Crippen LogP contribution in [-0.2, 0) is 12.1 Å². The number of aromatic nitrogens is 6. The van der Waals surface area contributed by atoms with E-state index in [-0.39, 0.29) is 0 Å². The second kappa shape index (κ2) is 6.21. The summed E-state index contributed by atoms with van der Waals surface area (Å²) in [5, 5.41) is 19.1. The summed E-state index contributed by atoms with van der Waals surface area (Å²) >= 11 is 0. The first-order valence-electron chi connectivity index (χ1n) is 9.01. The number of fused-ring (bicyclic) bond motifs is 1. The monoisotopic (exact) mass is 358 g/mol. The van der Waals surface area contributed by atoms with Crippen molar-refractivity contribution >= 4 is 11.2 Å². The predicted octanol–water partition coefficient (Wildman–Crippen LogP) is 2.70. The van der Waals surface area contributed by atoms with Crippen LogP contribution in [0.25, 0.3) is 22.4 Å². The molecular weight excluding hydrogens is 340 g/mol. The van der Waals surface area contributed by atoms with E-state index in [2.05, 4.69) is 25.3 Å². The third-order valence-electron chi connectivity index (χ3n) is 5.12. The van der Waals surface area contributed by atoms with Crippen molar-refractivity contribution in [1.29, 1.82) is 0 Å². The van der Waals surface area contributed by atoms with Crippen LogP contribution in [0.2, 0.25) is 0 Å². The molecule has 0 amide bonds. The molecule has 1 saturated carbocycles. The molecule has 1 fully saturated rings. The zero-order chi connectivity index (χ0) is 18.3. The Morgan fingerprint density at radius 3 is 2.63 bits per heavy atom. The van der Waals surface area contributed by atoms with Crippen LogP contribution in [0, 0.1) is 0 Å². The van der Waals surface area contributed by atoms with Gasteiger partial charge in [0.25, 0.3) is 0 Å². The van der Waals surface area contributed by atoms with Crippen molar-refractivity contribution in [3.8, 4) is 11.3 Å². The van der Waals surface area contributed by atoms with Gasteiger partial charge < -0.3 is 5.11 Å². The number of hydrogen-bond acceptors (Lipinski definition) is 6. The van der Waals surface area contributed by atoms with E-state index in [1.165, 1.54) is 6.33 Å². The molecule has 0 unspecified atom stereocenters. The fraction of sp³-hybridized carbons (Fsp3) is 0.250. The lowest BCUT2D eigenvalue weighted by atomic mass is 9.77. The highest BCUT2D eigenvalue weighted by Gasteiger charge is 2.37. The highest BCUT2D eigenvalue weighted by molar-refractivity contribution is 5.86. The summed E-state index contributed by atoms with van der Waals surface area (Å²) in [4.78, 5) is 13.4. The normalized spacial score (nSPS) is 15.6. The third kappa shape index (κ3) is 2.76. The van der Waals surface area contributed by atoms with Crippen LogP contribution >= 0.6 is 0 Å². The molecule has 0 bridgehead atoms. The summed E-state index contributed by atoms with van der Waals surface area (Å²) in [6.45, 7) is 0.436. The van der Waals surface area contributed by atoms with Crippen LogP contribution in [0.5, 0.6) is 0 Å². The average molecular weight is 358 g/mol. The van der Waals surface area contributed by atoms with Gasteiger partial charge in [0.2, 0.25) is 0 Å². The summed E-state index contributed by atoms with van der Waals surface area (Å²) in [5.74, 6) is 0. The van der Waals surface area contributed by atoms with Gasteiger partial charge in [0.1, 0.15) is 17.6 Å². The topological polar surface area (TPSA) is 89.6 Å².